The van der Waals surface area contributed by atoms with Crippen LogP contribution in [-0.2, 0) is 11.8 Å². The van der Waals surface area contributed by atoms with Crippen LogP contribution < -0.4 is 5.73 Å². The van der Waals surface area contributed by atoms with Gasteiger partial charge in [0.15, 0.2) is 5.78 Å². The fraction of sp³-hybridized carbons (Fsp3) is 0.636. The largest absolute Gasteiger partial charge is 0.318 e. The average molecular weight is 209 g/mol. The molecule has 2 N–H and O–H groups in total. The van der Waals surface area contributed by atoms with E-state index in [2.05, 4.69) is 12.0 Å². The molecule has 0 amide bonds. The molecule has 0 radical (unpaired) electrons. The summed E-state index contributed by atoms with van der Waals surface area (Å²) in [6.45, 7) is 4.00. The molecule has 0 spiro atoms. The number of ketones is 1. The van der Waals surface area contributed by atoms with E-state index in [1.807, 2.05) is 14.0 Å². The Morgan fingerprint density at radius 3 is 2.80 bits per heavy atom. The number of nitrogens with two attached hydrogens (primary N) is 1. The topological polar surface area (TPSA) is 60.9 Å². The molecule has 4 nitrogen and oxygen atoms in total. The van der Waals surface area contributed by atoms with Crippen molar-refractivity contribution in [3.63, 3.8) is 0 Å². The highest BCUT2D eigenvalue weighted by Crippen LogP contribution is 2.17. The number of aryl methyl sites for hydroxylation is 1. The molecule has 0 aliphatic rings. The minimum atomic E-state index is -0.528. The van der Waals surface area contributed by atoms with E-state index >= 15 is 0 Å². The standard InChI is InChI=1S/C11H19N3O/c1-4-5-8(2)11(15)10(12)9-6-13-14(3)7-9/h6-8,10H,4-5,12H2,1-3H3. The zero-order valence-corrected chi connectivity index (χ0v) is 9.60. The van der Waals surface area contributed by atoms with Gasteiger partial charge in [-0.25, -0.2) is 0 Å². The van der Waals surface area contributed by atoms with Crippen LogP contribution in [-0.4, -0.2) is 15.6 Å². The molecule has 0 fully saturated rings. The highest BCUT2D eigenvalue weighted by atomic mass is 16.1. The van der Waals surface area contributed by atoms with E-state index < -0.39 is 6.04 Å². The fourth-order valence-corrected chi connectivity index (χ4v) is 1.65. The monoisotopic (exact) mass is 209 g/mol. The highest BCUT2D eigenvalue weighted by Gasteiger charge is 2.22. The van der Waals surface area contributed by atoms with Crippen LogP contribution in [0.4, 0.5) is 0 Å². The molecule has 0 bridgehead atoms. The molecule has 1 aromatic rings. The van der Waals surface area contributed by atoms with Crippen LogP contribution in [0.1, 0.15) is 38.3 Å². The van der Waals surface area contributed by atoms with Gasteiger partial charge in [0.05, 0.1) is 12.2 Å². The normalized spacial score (nSPS) is 14.9. The Bertz CT molecular complexity index is 332. The van der Waals surface area contributed by atoms with Crippen LogP contribution in [0, 0.1) is 5.92 Å². The number of nitrogens with zero attached hydrogens (tertiary/aromatic N) is 2. The molecule has 84 valence electrons. The van der Waals surface area contributed by atoms with E-state index in [1.54, 1.807) is 17.1 Å². The molecule has 1 heterocycles. The van der Waals surface area contributed by atoms with E-state index in [1.165, 1.54) is 0 Å². The van der Waals surface area contributed by atoms with Gasteiger partial charge in [-0.3, -0.25) is 9.48 Å². The van der Waals surface area contributed by atoms with Gasteiger partial charge in [0.2, 0.25) is 0 Å². The van der Waals surface area contributed by atoms with Crippen LogP contribution in [0.3, 0.4) is 0 Å². The van der Waals surface area contributed by atoms with Crippen molar-refractivity contribution >= 4 is 5.78 Å². The number of carbonyl (C=O) groups is 1. The number of rotatable bonds is 5. The summed E-state index contributed by atoms with van der Waals surface area (Å²) in [6, 6.07) is -0.528. The summed E-state index contributed by atoms with van der Waals surface area (Å²) in [6.07, 6.45) is 5.35. The lowest BCUT2D eigenvalue weighted by Gasteiger charge is -2.14. The predicted octanol–water partition coefficient (Wildman–Crippen LogP) is 1.43. The zero-order chi connectivity index (χ0) is 11.4. The number of carbonyl (C=O) groups excluding carboxylic acids is 1. The second kappa shape index (κ2) is 5.07. The molecule has 2 atom stereocenters. The number of hydrogen-bond acceptors (Lipinski definition) is 3. The van der Waals surface area contributed by atoms with Crippen molar-refractivity contribution in [3.8, 4) is 0 Å². The Labute approximate surface area is 90.5 Å². The Morgan fingerprint density at radius 2 is 2.33 bits per heavy atom. The zero-order valence-electron chi connectivity index (χ0n) is 9.60. The molecule has 15 heavy (non-hydrogen) atoms. The second-order valence-corrected chi connectivity index (χ2v) is 4.02. The third kappa shape index (κ3) is 2.89. The van der Waals surface area contributed by atoms with Crippen molar-refractivity contribution in [2.24, 2.45) is 18.7 Å². The van der Waals surface area contributed by atoms with Crippen LogP contribution in [0.25, 0.3) is 0 Å². The van der Waals surface area contributed by atoms with Crippen molar-refractivity contribution in [1.29, 1.82) is 0 Å². The summed E-state index contributed by atoms with van der Waals surface area (Å²) >= 11 is 0. The molecular formula is C11H19N3O. The summed E-state index contributed by atoms with van der Waals surface area (Å²) in [7, 11) is 1.82. The second-order valence-electron chi connectivity index (χ2n) is 4.02. The first kappa shape index (κ1) is 11.9. The van der Waals surface area contributed by atoms with Gasteiger partial charge in [-0.1, -0.05) is 20.3 Å². The van der Waals surface area contributed by atoms with Gasteiger partial charge in [-0.15, -0.1) is 0 Å². The van der Waals surface area contributed by atoms with Crippen molar-refractivity contribution < 1.29 is 4.79 Å². The maximum Gasteiger partial charge on any atom is 0.156 e. The number of aromatic nitrogens is 2. The molecule has 0 aliphatic heterocycles. The number of Topliss-reactive ketones (excluding diaryl/α,β-unsaturated/α-hetero) is 1. The Kier molecular flexibility index (Phi) is 4.03. The third-order valence-electron chi connectivity index (χ3n) is 2.60. The van der Waals surface area contributed by atoms with Gasteiger partial charge in [0.1, 0.15) is 0 Å². The number of hydrogen-bond donors (Lipinski definition) is 1. The summed E-state index contributed by atoms with van der Waals surface area (Å²) in [5, 5.41) is 4.01. The quantitative estimate of drug-likeness (QED) is 0.798. The predicted molar refractivity (Wildman–Crippen MR) is 59.2 cm³/mol. The van der Waals surface area contributed by atoms with Gasteiger partial charge >= 0.3 is 0 Å². The average Bonchev–Trinajstić information content (AvgIpc) is 2.63. The van der Waals surface area contributed by atoms with Crippen molar-refractivity contribution in [2.45, 2.75) is 32.7 Å². The fourth-order valence-electron chi connectivity index (χ4n) is 1.65. The van der Waals surface area contributed by atoms with E-state index in [9.17, 15) is 4.79 Å². The van der Waals surface area contributed by atoms with E-state index in [0.29, 0.717) is 0 Å². The SMILES string of the molecule is CCCC(C)C(=O)C(N)c1cnn(C)c1. The molecule has 0 saturated heterocycles. The van der Waals surface area contributed by atoms with Gasteiger partial charge in [-0.05, 0) is 6.42 Å². The summed E-state index contributed by atoms with van der Waals surface area (Å²) in [5.74, 6) is 0.134. The van der Waals surface area contributed by atoms with Gasteiger partial charge < -0.3 is 5.73 Å². The maximum atomic E-state index is 11.9. The Morgan fingerprint density at radius 1 is 1.67 bits per heavy atom. The molecule has 0 aliphatic carbocycles. The molecule has 1 aromatic heterocycles. The van der Waals surface area contributed by atoms with E-state index in [4.69, 9.17) is 5.73 Å². The van der Waals surface area contributed by atoms with Gasteiger partial charge in [0, 0.05) is 24.7 Å². The first-order valence-electron chi connectivity index (χ1n) is 5.34. The lowest BCUT2D eigenvalue weighted by Crippen LogP contribution is -2.26. The first-order chi connectivity index (χ1) is 7.06. The molecule has 0 aromatic carbocycles. The molecule has 2 unspecified atom stereocenters. The maximum absolute atomic E-state index is 11.9. The summed E-state index contributed by atoms with van der Waals surface area (Å²) in [5.41, 5.74) is 6.68. The molecule has 0 saturated carbocycles. The van der Waals surface area contributed by atoms with Gasteiger partial charge in [0.25, 0.3) is 0 Å². The Balaban J connectivity index is 2.68. The minimum Gasteiger partial charge on any atom is -0.318 e. The summed E-state index contributed by atoms with van der Waals surface area (Å²) < 4.78 is 1.66. The van der Waals surface area contributed by atoms with Crippen LogP contribution in [0.5, 0.6) is 0 Å². The lowest BCUT2D eigenvalue weighted by molar-refractivity contribution is -0.124. The van der Waals surface area contributed by atoms with Crippen LogP contribution in [0.15, 0.2) is 12.4 Å². The Hall–Kier alpha value is -1.16. The van der Waals surface area contributed by atoms with Gasteiger partial charge in [-0.2, -0.15) is 5.10 Å². The smallest absolute Gasteiger partial charge is 0.156 e. The van der Waals surface area contributed by atoms with Crippen LogP contribution >= 0.6 is 0 Å². The van der Waals surface area contributed by atoms with Crippen molar-refractivity contribution in [1.82, 2.24) is 9.78 Å². The third-order valence-corrected chi connectivity index (χ3v) is 2.60. The van der Waals surface area contributed by atoms with Crippen molar-refractivity contribution in [3.05, 3.63) is 18.0 Å². The van der Waals surface area contributed by atoms with Crippen LogP contribution in [0.2, 0.25) is 0 Å². The molecule has 1 rings (SSSR count). The van der Waals surface area contributed by atoms with E-state index in [0.717, 1.165) is 18.4 Å². The minimum absolute atomic E-state index is 0.0326. The lowest BCUT2D eigenvalue weighted by atomic mass is 9.93. The molecule has 4 heteroatoms. The first-order valence-corrected chi connectivity index (χ1v) is 5.34. The summed E-state index contributed by atoms with van der Waals surface area (Å²) in [4.78, 5) is 11.9. The van der Waals surface area contributed by atoms with E-state index in [-0.39, 0.29) is 11.7 Å². The van der Waals surface area contributed by atoms with Crippen molar-refractivity contribution in [2.75, 3.05) is 0 Å². The highest BCUT2D eigenvalue weighted by molar-refractivity contribution is 5.86. The molecular weight excluding hydrogens is 190 g/mol.